The fourth-order valence-electron chi connectivity index (χ4n) is 5.27. The van der Waals surface area contributed by atoms with Crippen LogP contribution in [0.2, 0.25) is 0 Å². The molecule has 3 aliphatic carbocycles. The Morgan fingerprint density at radius 1 is 1.20 bits per heavy atom. The molecule has 0 unspecified atom stereocenters. The van der Waals surface area contributed by atoms with Crippen molar-refractivity contribution < 1.29 is 4.74 Å². The van der Waals surface area contributed by atoms with Gasteiger partial charge < -0.3 is 4.74 Å². The maximum Gasteiger partial charge on any atom is 0.112 e. The van der Waals surface area contributed by atoms with Crippen LogP contribution in [0, 0.1) is 23.7 Å². The number of hydrogen-bond acceptors (Lipinski definition) is 1. The van der Waals surface area contributed by atoms with Crippen LogP contribution in [0.1, 0.15) is 44.9 Å². The van der Waals surface area contributed by atoms with E-state index < -0.39 is 0 Å². The molecular weight excluding hydrogens is 184 g/mol. The normalized spacial score (nSPS) is 56.0. The van der Waals surface area contributed by atoms with E-state index in [1.54, 1.807) is 0 Å². The van der Waals surface area contributed by atoms with Crippen LogP contribution in [0.5, 0.6) is 0 Å². The highest BCUT2D eigenvalue weighted by Crippen LogP contribution is 2.64. The van der Waals surface area contributed by atoms with Crippen LogP contribution in [0.4, 0.5) is 0 Å². The minimum absolute atomic E-state index is 0.297. The van der Waals surface area contributed by atoms with Gasteiger partial charge >= 0.3 is 0 Å². The third kappa shape index (κ3) is 0.996. The summed E-state index contributed by atoms with van der Waals surface area (Å²) in [5.74, 6) is 4.07. The van der Waals surface area contributed by atoms with Crippen molar-refractivity contribution in [1.29, 1.82) is 0 Å². The molecule has 0 radical (unpaired) electrons. The first-order valence-electron chi connectivity index (χ1n) is 6.72. The standard InChI is InChI=1S/C14H20O/c1-2-7-15-14(6-1)9-10-8-13(14)12-5-3-4-11(10)12/h2,7,10-13H,1,3-6,8-9H2/t10-,11+,12-,13+,14-/m1/s1. The Hall–Kier alpha value is -0.460. The third-order valence-corrected chi connectivity index (χ3v) is 5.72. The van der Waals surface area contributed by atoms with Crippen molar-refractivity contribution >= 4 is 0 Å². The molecule has 82 valence electrons. The minimum Gasteiger partial charge on any atom is -0.495 e. The molecule has 1 aliphatic heterocycles. The largest absolute Gasteiger partial charge is 0.495 e. The van der Waals surface area contributed by atoms with E-state index in [0.29, 0.717) is 5.60 Å². The quantitative estimate of drug-likeness (QED) is 0.586. The van der Waals surface area contributed by atoms with Gasteiger partial charge in [-0.1, -0.05) is 6.42 Å². The van der Waals surface area contributed by atoms with Crippen molar-refractivity contribution in [2.45, 2.75) is 50.5 Å². The van der Waals surface area contributed by atoms with E-state index >= 15 is 0 Å². The molecule has 1 heteroatoms. The van der Waals surface area contributed by atoms with Crippen molar-refractivity contribution in [3.8, 4) is 0 Å². The first kappa shape index (κ1) is 8.66. The van der Waals surface area contributed by atoms with E-state index in [4.69, 9.17) is 4.74 Å². The average Bonchev–Trinajstić information content (AvgIpc) is 2.89. The van der Waals surface area contributed by atoms with E-state index in [1.807, 2.05) is 6.26 Å². The summed E-state index contributed by atoms with van der Waals surface area (Å²) in [5, 5.41) is 0. The lowest BCUT2D eigenvalue weighted by atomic mass is 9.70. The predicted octanol–water partition coefficient (Wildman–Crippen LogP) is 3.51. The molecule has 2 bridgehead atoms. The lowest BCUT2D eigenvalue weighted by Gasteiger charge is -2.43. The molecule has 0 aromatic rings. The first-order chi connectivity index (χ1) is 7.39. The summed E-state index contributed by atoms with van der Waals surface area (Å²) in [5.41, 5.74) is 0.297. The van der Waals surface area contributed by atoms with Gasteiger partial charge in [0.25, 0.3) is 0 Å². The number of allylic oxidation sites excluding steroid dienone is 1. The van der Waals surface area contributed by atoms with E-state index in [-0.39, 0.29) is 0 Å². The summed E-state index contributed by atoms with van der Waals surface area (Å²) < 4.78 is 6.09. The van der Waals surface area contributed by atoms with Crippen LogP contribution in [-0.2, 0) is 4.74 Å². The van der Waals surface area contributed by atoms with E-state index in [9.17, 15) is 0 Å². The molecule has 3 fully saturated rings. The molecule has 1 spiro atoms. The summed E-state index contributed by atoms with van der Waals surface area (Å²) in [6, 6.07) is 0. The number of hydrogen-bond donors (Lipinski definition) is 0. The second kappa shape index (κ2) is 2.81. The summed E-state index contributed by atoms with van der Waals surface area (Å²) in [6.45, 7) is 0. The highest BCUT2D eigenvalue weighted by atomic mass is 16.5. The van der Waals surface area contributed by atoms with Crippen molar-refractivity contribution in [2.24, 2.45) is 23.7 Å². The Morgan fingerprint density at radius 3 is 3.00 bits per heavy atom. The fraction of sp³-hybridized carbons (Fsp3) is 0.857. The predicted molar refractivity (Wildman–Crippen MR) is 59.2 cm³/mol. The lowest BCUT2D eigenvalue weighted by molar-refractivity contribution is -0.0690. The molecule has 0 saturated heterocycles. The third-order valence-electron chi connectivity index (χ3n) is 5.72. The molecule has 0 N–H and O–H groups in total. The Morgan fingerprint density at radius 2 is 2.13 bits per heavy atom. The van der Waals surface area contributed by atoms with Crippen LogP contribution in [0.15, 0.2) is 12.3 Å². The maximum atomic E-state index is 6.09. The molecule has 15 heavy (non-hydrogen) atoms. The zero-order chi connectivity index (χ0) is 9.88. The van der Waals surface area contributed by atoms with E-state index in [1.165, 1.54) is 44.9 Å². The van der Waals surface area contributed by atoms with E-state index in [2.05, 4.69) is 6.08 Å². The summed E-state index contributed by atoms with van der Waals surface area (Å²) in [4.78, 5) is 0. The van der Waals surface area contributed by atoms with Gasteiger partial charge in [-0.15, -0.1) is 0 Å². The van der Waals surface area contributed by atoms with Gasteiger partial charge in [0.15, 0.2) is 0 Å². The van der Waals surface area contributed by atoms with Crippen LogP contribution < -0.4 is 0 Å². The van der Waals surface area contributed by atoms with E-state index in [0.717, 1.165) is 23.7 Å². The molecule has 4 rings (SSSR count). The molecular formula is C14H20O. The Labute approximate surface area is 91.9 Å². The van der Waals surface area contributed by atoms with Crippen LogP contribution in [-0.4, -0.2) is 5.60 Å². The molecule has 0 amide bonds. The maximum absolute atomic E-state index is 6.09. The number of ether oxygens (including phenoxy) is 1. The molecule has 1 heterocycles. The molecule has 0 aromatic heterocycles. The first-order valence-corrected chi connectivity index (χ1v) is 6.72. The zero-order valence-electron chi connectivity index (χ0n) is 9.32. The van der Waals surface area contributed by atoms with Crippen molar-refractivity contribution in [3.05, 3.63) is 12.3 Å². The zero-order valence-corrected chi connectivity index (χ0v) is 9.32. The van der Waals surface area contributed by atoms with Gasteiger partial charge in [-0.25, -0.2) is 0 Å². The van der Waals surface area contributed by atoms with Gasteiger partial charge in [-0.3, -0.25) is 0 Å². The van der Waals surface area contributed by atoms with Gasteiger partial charge in [0, 0.05) is 5.92 Å². The lowest BCUT2D eigenvalue weighted by Crippen LogP contribution is -2.43. The Kier molecular flexibility index (Phi) is 1.62. The van der Waals surface area contributed by atoms with Crippen molar-refractivity contribution in [3.63, 3.8) is 0 Å². The second-order valence-corrected chi connectivity index (χ2v) is 6.16. The number of fused-ring (bicyclic) bond motifs is 6. The highest BCUT2D eigenvalue weighted by Gasteiger charge is 2.61. The Balaban J connectivity index is 1.67. The monoisotopic (exact) mass is 204 g/mol. The van der Waals surface area contributed by atoms with Crippen LogP contribution in [0.25, 0.3) is 0 Å². The minimum atomic E-state index is 0.297. The molecule has 3 saturated carbocycles. The van der Waals surface area contributed by atoms with Gasteiger partial charge in [0.1, 0.15) is 5.60 Å². The van der Waals surface area contributed by atoms with Gasteiger partial charge in [0.05, 0.1) is 6.26 Å². The smallest absolute Gasteiger partial charge is 0.112 e. The van der Waals surface area contributed by atoms with Gasteiger partial charge in [-0.2, -0.15) is 0 Å². The van der Waals surface area contributed by atoms with Crippen molar-refractivity contribution in [2.75, 3.05) is 0 Å². The highest BCUT2D eigenvalue weighted by molar-refractivity contribution is 5.13. The SMILES string of the molecule is C1=CO[C@]2(CC1)C[C@H]1C[C@H]2[C@@H]2CCC[C@@H]12. The summed E-state index contributed by atoms with van der Waals surface area (Å²) >= 11 is 0. The summed E-state index contributed by atoms with van der Waals surface area (Å²) in [6.07, 6.45) is 14.1. The fourth-order valence-corrected chi connectivity index (χ4v) is 5.27. The number of rotatable bonds is 0. The summed E-state index contributed by atoms with van der Waals surface area (Å²) in [7, 11) is 0. The second-order valence-electron chi connectivity index (χ2n) is 6.16. The van der Waals surface area contributed by atoms with Crippen LogP contribution in [0.3, 0.4) is 0 Å². The van der Waals surface area contributed by atoms with Crippen molar-refractivity contribution in [1.82, 2.24) is 0 Å². The Bertz CT molecular complexity index is 308. The average molecular weight is 204 g/mol. The van der Waals surface area contributed by atoms with Gasteiger partial charge in [-0.05, 0) is 62.4 Å². The van der Waals surface area contributed by atoms with Gasteiger partial charge in [0.2, 0.25) is 0 Å². The molecule has 1 nitrogen and oxygen atoms in total. The van der Waals surface area contributed by atoms with Crippen LogP contribution >= 0.6 is 0 Å². The topological polar surface area (TPSA) is 9.23 Å². The molecule has 4 aliphatic rings. The molecule has 5 atom stereocenters. The molecule has 0 aromatic carbocycles.